The molecule has 3 atom stereocenters. The van der Waals surface area contributed by atoms with Gasteiger partial charge in [0.05, 0.1) is 33.0 Å². The minimum Gasteiger partial charge on any atom is -0.413 e. The minimum atomic E-state index is -2.29. The SMILES string of the molecule is CC1(C)O[C@@H]([C@](O)(CO[Si](C)(C)C(C)(C)C)/C(=C/CO[Si](C)(C)C(C)(C)C)CO[Si](C)(C)C(C)(C)C)[C@@H](COCc2ccccc2)O1. The predicted molar refractivity (Wildman–Crippen MR) is 202 cm³/mol. The van der Waals surface area contributed by atoms with E-state index >= 15 is 0 Å². The van der Waals surface area contributed by atoms with Crippen LogP contribution < -0.4 is 0 Å². The van der Waals surface area contributed by atoms with Crippen molar-refractivity contribution in [3.63, 3.8) is 0 Å². The van der Waals surface area contributed by atoms with Crippen molar-refractivity contribution in [1.82, 2.24) is 0 Å². The minimum absolute atomic E-state index is 0.00568. The highest BCUT2D eigenvalue weighted by atomic mass is 28.4. The van der Waals surface area contributed by atoms with Gasteiger partial charge in [0, 0.05) is 0 Å². The molecule has 1 aliphatic rings. The third-order valence-electron chi connectivity index (χ3n) is 11.0. The van der Waals surface area contributed by atoms with E-state index in [9.17, 15) is 5.11 Å². The summed E-state index contributed by atoms with van der Waals surface area (Å²) in [6.07, 6.45) is 0.721. The van der Waals surface area contributed by atoms with Crippen LogP contribution in [-0.2, 0) is 34.1 Å². The zero-order valence-electron chi connectivity index (χ0n) is 33.1. The molecule has 0 aromatic heterocycles. The first-order valence-electron chi connectivity index (χ1n) is 17.4. The molecule has 1 aliphatic heterocycles. The maximum atomic E-state index is 13.2. The van der Waals surface area contributed by atoms with Crippen LogP contribution in [0.25, 0.3) is 0 Å². The fourth-order valence-corrected chi connectivity index (χ4v) is 7.39. The van der Waals surface area contributed by atoms with Gasteiger partial charge in [0.15, 0.2) is 30.7 Å². The van der Waals surface area contributed by atoms with Crippen LogP contribution in [0.5, 0.6) is 0 Å². The second-order valence-electron chi connectivity index (χ2n) is 18.4. The van der Waals surface area contributed by atoms with Gasteiger partial charge in [-0.25, -0.2) is 0 Å². The van der Waals surface area contributed by atoms with E-state index in [1.54, 1.807) is 0 Å². The van der Waals surface area contributed by atoms with E-state index < -0.39 is 48.5 Å². The Hall–Kier alpha value is -0.669. The molecule has 2 rings (SSSR count). The van der Waals surface area contributed by atoms with Gasteiger partial charge < -0.3 is 32.6 Å². The van der Waals surface area contributed by atoms with E-state index in [0.29, 0.717) is 18.8 Å². The topological polar surface area (TPSA) is 75.6 Å². The van der Waals surface area contributed by atoms with Crippen molar-refractivity contribution < 1.29 is 32.6 Å². The molecule has 7 nitrogen and oxygen atoms in total. The molecule has 47 heavy (non-hydrogen) atoms. The highest BCUT2D eigenvalue weighted by molar-refractivity contribution is 6.74. The smallest absolute Gasteiger partial charge is 0.192 e. The monoisotopic (exact) mass is 710 g/mol. The summed E-state index contributed by atoms with van der Waals surface area (Å²) in [5.41, 5.74) is 0.215. The third-order valence-corrected chi connectivity index (χ3v) is 24.5. The largest absolute Gasteiger partial charge is 0.413 e. The molecule has 1 fully saturated rings. The van der Waals surface area contributed by atoms with Crippen LogP contribution in [0.1, 0.15) is 81.7 Å². The first-order chi connectivity index (χ1) is 21.0. The first-order valence-corrected chi connectivity index (χ1v) is 26.1. The van der Waals surface area contributed by atoms with Gasteiger partial charge in [-0.1, -0.05) is 98.7 Å². The quantitative estimate of drug-likeness (QED) is 0.144. The van der Waals surface area contributed by atoms with Gasteiger partial charge >= 0.3 is 0 Å². The van der Waals surface area contributed by atoms with E-state index in [2.05, 4.69) is 102 Å². The number of ether oxygens (including phenoxy) is 3. The molecule has 0 bridgehead atoms. The molecule has 1 aromatic rings. The number of hydrogen-bond donors (Lipinski definition) is 1. The zero-order chi connectivity index (χ0) is 36.3. The van der Waals surface area contributed by atoms with Crippen molar-refractivity contribution in [2.75, 3.05) is 26.4 Å². The number of hydrogen-bond acceptors (Lipinski definition) is 7. The van der Waals surface area contributed by atoms with Crippen LogP contribution >= 0.6 is 0 Å². The van der Waals surface area contributed by atoms with Crippen molar-refractivity contribution in [2.45, 2.75) is 161 Å². The Morgan fingerprint density at radius 1 is 0.766 bits per heavy atom. The van der Waals surface area contributed by atoms with E-state index in [-0.39, 0.29) is 34.9 Å². The summed E-state index contributed by atoms with van der Waals surface area (Å²) in [5, 5.41) is 13.2. The van der Waals surface area contributed by atoms with Crippen LogP contribution in [0, 0.1) is 0 Å². The lowest BCUT2D eigenvalue weighted by Gasteiger charge is -2.44. The lowest BCUT2D eigenvalue weighted by atomic mass is 9.85. The Morgan fingerprint density at radius 2 is 1.26 bits per heavy atom. The predicted octanol–water partition coefficient (Wildman–Crippen LogP) is 9.45. The number of benzene rings is 1. The Morgan fingerprint density at radius 3 is 1.77 bits per heavy atom. The third kappa shape index (κ3) is 11.4. The number of rotatable bonds is 15. The van der Waals surface area contributed by atoms with Crippen molar-refractivity contribution in [3.05, 3.63) is 47.5 Å². The Bertz CT molecular complexity index is 1160. The van der Waals surface area contributed by atoms with Crippen molar-refractivity contribution in [3.8, 4) is 0 Å². The highest BCUT2D eigenvalue weighted by Crippen LogP contribution is 2.43. The summed E-state index contributed by atoms with van der Waals surface area (Å²) in [4.78, 5) is 0. The van der Waals surface area contributed by atoms with E-state index in [4.69, 9.17) is 27.5 Å². The molecule has 1 aromatic carbocycles. The molecule has 1 heterocycles. The molecule has 0 aliphatic carbocycles. The fraction of sp³-hybridized carbons (Fsp3) is 0.784. The Kier molecular flexibility index (Phi) is 13.8. The molecule has 0 amide bonds. The zero-order valence-corrected chi connectivity index (χ0v) is 36.1. The standard InChI is InChI=1S/C37H70O7Si3/c1-33(2,3)45(12,13)40-24-23-30(26-41-46(14,15)34(4,5)6)37(38,28-42-47(16,17)35(7,8)9)32-31(43-36(10,11)44-32)27-39-25-29-21-19-18-20-22-29/h18-23,31-32,38H,24-28H2,1-17H3/b30-23+/t31-,32-,37+/m1/s1. The van der Waals surface area contributed by atoms with Gasteiger partial charge in [-0.3, -0.25) is 0 Å². The highest BCUT2D eigenvalue weighted by Gasteiger charge is 2.55. The Labute approximate surface area is 291 Å². The molecular formula is C37H70O7Si3. The van der Waals surface area contributed by atoms with Gasteiger partial charge in [0.2, 0.25) is 0 Å². The first kappa shape index (κ1) is 42.5. The normalized spacial score (nSPS) is 21.6. The maximum Gasteiger partial charge on any atom is 0.192 e. The molecule has 10 heteroatoms. The molecule has 0 saturated carbocycles. The van der Waals surface area contributed by atoms with Crippen LogP contribution in [-0.4, -0.2) is 80.1 Å². The van der Waals surface area contributed by atoms with Crippen LogP contribution in [0.15, 0.2) is 42.0 Å². The maximum absolute atomic E-state index is 13.2. The average molecular weight is 711 g/mol. The van der Waals surface area contributed by atoms with Gasteiger partial charge in [-0.05, 0) is 79.4 Å². The van der Waals surface area contributed by atoms with Gasteiger partial charge in [-0.15, -0.1) is 0 Å². The summed E-state index contributed by atoms with van der Waals surface area (Å²) in [6.45, 7) is 38.5. The van der Waals surface area contributed by atoms with E-state index in [1.807, 2.05) is 50.3 Å². The molecule has 1 saturated heterocycles. The summed E-state index contributed by atoms with van der Waals surface area (Å²) >= 11 is 0. The van der Waals surface area contributed by atoms with Crippen molar-refractivity contribution >= 4 is 25.0 Å². The summed E-state index contributed by atoms with van der Waals surface area (Å²) < 4.78 is 39.6. The molecule has 0 radical (unpaired) electrons. The second kappa shape index (κ2) is 15.3. The van der Waals surface area contributed by atoms with E-state index in [0.717, 1.165) is 5.56 Å². The molecule has 0 unspecified atom stereocenters. The van der Waals surface area contributed by atoms with Gasteiger partial charge in [-0.2, -0.15) is 0 Å². The van der Waals surface area contributed by atoms with Gasteiger partial charge in [0.25, 0.3) is 0 Å². The molecule has 0 spiro atoms. The summed E-state index contributed by atoms with van der Waals surface area (Å²) in [7, 11) is -6.55. The van der Waals surface area contributed by atoms with E-state index in [1.165, 1.54) is 0 Å². The summed E-state index contributed by atoms with van der Waals surface area (Å²) in [5.74, 6) is -0.931. The average Bonchev–Trinajstić information content (AvgIpc) is 3.22. The second-order valence-corrected chi connectivity index (χ2v) is 32.8. The molecule has 272 valence electrons. The fourth-order valence-electron chi connectivity index (χ4n) is 4.50. The number of aliphatic hydroxyl groups is 1. The van der Waals surface area contributed by atoms with Crippen LogP contribution in [0.4, 0.5) is 0 Å². The van der Waals surface area contributed by atoms with Crippen molar-refractivity contribution in [2.24, 2.45) is 0 Å². The lowest BCUT2D eigenvalue weighted by Crippen LogP contribution is -2.57. The molecular weight excluding hydrogens is 641 g/mol. The van der Waals surface area contributed by atoms with Crippen molar-refractivity contribution in [1.29, 1.82) is 0 Å². The van der Waals surface area contributed by atoms with Crippen LogP contribution in [0.2, 0.25) is 54.4 Å². The lowest BCUT2D eigenvalue weighted by molar-refractivity contribution is -0.171. The Balaban J connectivity index is 2.62. The van der Waals surface area contributed by atoms with Crippen LogP contribution in [0.3, 0.4) is 0 Å². The summed E-state index contributed by atoms with van der Waals surface area (Å²) in [6, 6.07) is 10.1. The van der Waals surface area contributed by atoms with Gasteiger partial charge in [0.1, 0.15) is 17.8 Å². The molecule has 1 N–H and O–H groups in total.